The molecule has 1 heterocycles. The van der Waals surface area contributed by atoms with Crippen molar-refractivity contribution >= 4 is 10.8 Å². The first kappa shape index (κ1) is 12.4. The summed E-state index contributed by atoms with van der Waals surface area (Å²) >= 11 is 0. The number of aryl methyl sites for hydroxylation is 2. The summed E-state index contributed by atoms with van der Waals surface area (Å²) in [4.78, 5) is 8.46. The minimum atomic E-state index is 0.239. The third-order valence-electron chi connectivity index (χ3n) is 2.96. The van der Waals surface area contributed by atoms with Crippen LogP contribution in [-0.4, -0.2) is 15.1 Å². The molecule has 1 N–H and O–H groups in total. The lowest BCUT2D eigenvalue weighted by atomic mass is 10.1. The van der Waals surface area contributed by atoms with Crippen LogP contribution < -0.4 is 4.74 Å². The Morgan fingerprint density at radius 1 is 0.900 bits per heavy atom. The van der Waals surface area contributed by atoms with E-state index >= 15 is 0 Å². The average Bonchev–Trinajstić information content (AvgIpc) is 2.37. The summed E-state index contributed by atoms with van der Waals surface area (Å²) < 4.78 is 5.76. The minimum Gasteiger partial charge on any atom is -0.508 e. The van der Waals surface area contributed by atoms with Gasteiger partial charge in [-0.25, -0.2) is 4.98 Å². The fraction of sp³-hybridized carbons (Fsp3) is 0.125. The van der Waals surface area contributed by atoms with Crippen LogP contribution in [0.25, 0.3) is 10.8 Å². The zero-order valence-electron chi connectivity index (χ0n) is 11.3. The Labute approximate surface area is 116 Å². The number of rotatable bonds is 2. The molecule has 2 aromatic carbocycles. The van der Waals surface area contributed by atoms with Crippen LogP contribution in [0, 0.1) is 13.8 Å². The second kappa shape index (κ2) is 4.81. The van der Waals surface area contributed by atoms with E-state index in [4.69, 9.17) is 4.74 Å². The Hall–Kier alpha value is -2.62. The first-order valence-corrected chi connectivity index (χ1v) is 6.33. The number of hydrogen-bond acceptors (Lipinski definition) is 4. The largest absolute Gasteiger partial charge is 0.508 e. The highest BCUT2D eigenvalue weighted by Crippen LogP contribution is 2.27. The monoisotopic (exact) mass is 266 g/mol. The molecule has 0 aliphatic carbocycles. The molecule has 4 nitrogen and oxygen atoms in total. The number of hydrogen-bond donors (Lipinski definition) is 1. The lowest BCUT2D eigenvalue weighted by Crippen LogP contribution is -1.94. The number of aromatic hydroxyl groups is 1. The molecular formula is C16H14N2O2. The molecule has 0 spiro atoms. The molecule has 20 heavy (non-hydrogen) atoms. The van der Waals surface area contributed by atoms with Crippen LogP contribution in [0.5, 0.6) is 17.4 Å². The summed E-state index contributed by atoms with van der Waals surface area (Å²) in [7, 11) is 0. The molecule has 0 aliphatic rings. The number of fused-ring (bicyclic) bond motifs is 1. The second-order valence-corrected chi connectivity index (χ2v) is 4.69. The summed E-state index contributed by atoms with van der Waals surface area (Å²) in [6.07, 6.45) is 0. The maximum Gasteiger partial charge on any atom is 0.222 e. The van der Waals surface area contributed by atoms with Gasteiger partial charge in [-0.05, 0) is 48.9 Å². The van der Waals surface area contributed by atoms with Gasteiger partial charge in [-0.3, -0.25) is 0 Å². The Balaban J connectivity index is 1.97. The van der Waals surface area contributed by atoms with E-state index in [0.29, 0.717) is 17.5 Å². The predicted octanol–water partition coefficient (Wildman–Crippen LogP) is 3.74. The number of nitrogens with zero attached hydrogens (tertiary/aromatic N) is 2. The Bertz CT molecular complexity index is 764. The van der Waals surface area contributed by atoms with Crippen LogP contribution in [0.4, 0.5) is 0 Å². The zero-order chi connectivity index (χ0) is 14.1. The van der Waals surface area contributed by atoms with Crippen LogP contribution in [0.1, 0.15) is 11.5 Å². The van der Waals surface area contributed by atoms with E-state index in [1.165, 1.54) is 0 Å². The van der Waals surface area contributed by atoms with Gasteiger partial charge in [0, 0.05) is 11.8 Å². The molecule has 4 heteroatoms. The van der Waals surface area contributed by atoms with Crippen molar-refractivity contribution in [2.45, 2.75) is 13.8 Å². The van der Waals surface area contributed by atoms with Crippen LogP contribution in [0.15, 0.2) is 42.5 Å². The van der Waals surface area contributed by atoms with Crippen molar-refractivity contribution in [2.24, 2.45) is 0 Å². The highest BCUT2D eigenvalue weighted by molar-refractivity contribution is 5.85. The molecule has 0 saturated carbocycles. The summed E-state index contributed by atoms with van der Waals surface area (Å²) in [5, 5.41) is 11.5. The Morgan fingerprint density at radius 2 is 1.70 bits per heavy atom. The lowest BCUT2D eigenvalue weighted by molar-refractivity contribution is 0.459. The first-order valence-electron chi connectivity index (χ1n) is 6.33. The van der Waals surface area contributed by atoms with E-state index in [-0.39, 0.29) is 5.75 Å². The highest BCUT2D eigenvalue weighted by Gasteiger charge is 2.03. The van der Waals surface area contributed by atoms with Crippen molar-refractivity contribution in [2.75, 3.05) is 0 Å². The van der Waals surface area contributed by atoms with Crippen molar-refractivity contribution in [1.29, 1.82) is 0 Å². The van der Waals surface area contributed by atoms with Crippen LogP contribution in [0.3, 0.4) is 0 Å². The topological polar surface area (TPSA) is 55.2 Å². The number of phenolic OH excluding ortho intramolecular Hbond substituents is 1. The summed E-state index contributed by atoms with van der Waals surface area (Å²) in [5.41, 5.74) is 0.867. The quantitative estimate of drug-likeness (QED) is 0.767. The molecule has 0 unspecified atom stereocenters. The van der Waals surface area contributed by atoms with Crippen LogP contribution in [0.2, 0.25) is 0 Å². The maximum atomic E-state index is 9.52. The van der Waals surface area contributed by atoms with Crippen molar-refractivity contribution in [3.63, 3.8) is 0 Å². The fourth-order valence-corrected chi connectivity index (χ4v) is 2.13. The van der Waals surface area contributed by atoms with Gasteiger partial charge in [-0.15, -0.1) is 0 Å². The van der Waals surface area contributed by atoms with E-state index in [1.807, 2.05) is 38.1 Å². The van der Waals surface area contributed by atoms with Gasteiger partial charge in [0.2, 0.25) is 5.88 Å². The molecule has 0 amide bonds. The molecular weight excluding hydrogens is 252 g/mol. The molecule has 0 bridgehead atoms. The highest BCUT2D eigenvalue weighted by atomic mass is 16.5. The second-order valence-electron chi connectivity index (χ2n) is 4.69. The molecule has 3 aromatic rings. The van der Waals surface area contributed by atoms with Crippen LogP contribution in [-0.2, 0) is 0 Å². The molecule has 100 valence electrons. The number of phenols is 1. The maximum absolute atomic E-state index is 9.52. The molecule has 0 aliphatic heterocycles. The van der Waals surface area contributed by atoms with Gasteiger partial charge in [0.25, 0.3) is 0 Å². The van der Waals surface area contributed by atoms with Gasteiger partial charge < -0.3 is 9.84 Å². The standard InChI is InChI=1S/C16H14N2O2/c1-10-7-16(18-11(2)17-10)20-15-6-4-12-3-5-14(19)8-13(12)9-15/h3-9,19H,1-2H3. The first-order chi connectivity index (χ1) is 9.60. The normalized spacial score (nSPS) is 10.7. The molecule has 0 radical (unpaired) electrons. The van der Waals surface area contributed by atoms with Gasteiger partial charge >= 0.3 is 0 Å². The van der Waals surface area contributed by atoms with Gasteiger partial charge in [-0.1, -0.05) is 12.1 Å². The van der Waals surface area contributed by atoms with Crippen molar-refractivity contribution in [1.82, 2.24) is 9.97 Å². The van der Waals surface area contributed by atoms with Gasteiger partial charge in [0.15, 0.2) is 0 Å². The predicted molar refractivity (Wildman–Crippen MR) is 77.2 cm³/mol. The minimum absolute atomic E-state index is 0.239. The number of benzene rings is 2. The summed E-state index contributed by atoms with van der Waals surface area (Å²) in [6, 6.07) is 12.7. The van der Waals surface area contributed by atoms with E-state index in [1.54, 1.807) is 18.2 Å². The molecule has 0 atom stereocenters. The van der Waals surface area contributed by atoms with E-state index in [9.17, 15) is 5.11 Å². The zero-order valence-corrected chi connectivity index (χ0v) is 11.3. The van der Waals surface area contributed by atoms with Gasteiger partial charge in [0.05, 0.1) is 0 Å². The summed E-state index contributed by atoms with van der Waals surface area (Å²) in [5.74, 6) is 2.12. The third kappa shape index (κ3) is 2.54. The summed E-state index contributed by atoms with van der Waals surface area (Å²) in [6.45, 7) is 3.73. The number of aromatic nitrogens is 2. The third-order valence-corrected chi connectivity index (χ3v) is 2.96. The molecule has 1 aromatic heterocycles. The Morgan fingerprint density at radius 3 is 2.50 bits per heavy atom. The SMILES string of the molecule is Cc1cc(Oc2ccc3ccc(O)cc3c2)nc(C)n1. The smallest absolute Gasteiger partial charge is 0.222 e. The van der Waals surface area contributed by atoms with E-state index in [2.05, 4.69) is 9.97 Å². The fourth-order valence-electron chi connectivity index (χ4n) is 2.13. The van der Waals surface area contributed by atoms with E-state index < -0.39 is 0 Å². The lowest BCUT2D eigenvalue weighted by Gasteiger charge is -2.07. The molecule has 0 fully saturated rings. The van der Waals surface area contributed by atoms with Crippen molar-refractivity contribution in [3.8, 4) is 17.4 Å². The van der Waals surface area contributed by atoms with Gasteiger partial charge in [0.1, 0.15) is 17.3 Å². The van der Waals surface area contributed by atoms with Crippen LogP contribution >= 0.6 is 0 Å². The number of ether oxygens (including phenoxy) is 1. The van der Waals surface area contributed by atoms with E-state index in [0.717, 1.165) is 16.5 Å². The van der Waals surface area contributed by atoms with Crippen molar-refractivity contribution < 1.29 is 9.84 Å². The van der Waals surface area contributed by atoms with Gasteiger partial charge in [-0.2, -0.15) is 4.98 Å². The van der Waals surface area contributed by atoms with Crippen molar-refractivity contribution in [3.05, 3.63) is 54.0 Å². The average molecular weight is 266 g/mol. The molecule has 3 rings (SSSR count). The Kier molecular flexibility index (Phi) is 2.99. The molecule has 0 saturated heterocycles.